The van der Waals surface area contributed by atoms with Crippen LogP contribution >= 0.6 is 11.6 Å². The number of benzene rings is 1. The lowest BCUT2D eigenvalue weighted by Gasteiger charge is -2.34. The summed E-state index contributed by atoms with van der Waals surface area (Å²) in [6.07, 6.45) is -0.751. The highest BCUT2D eigenvalue weighted by Gasteiger charge is 2.62. The van der Waals surface area contributed by atoms with Gasteiger partial charge < -0.3 is 29.7 Å². The molecular weight excluding hydrogens is 819 g/mol. The molecule has 3 heterocycles. The Morgan fingerprint density at radius 2 is 1.83 bits per heavy atom. The fraction of sp³-hybridized carbons (Fsp3) is 0.625. The number of pyridine rings is 1. The van der Waals surface area contributed by atoms with Crippen LogP contribution in [0.1, 0.15) is 86.0 Å². The summed E-state index contributed by atoms with van der Waals surface area (Å²) < 4.78 is 86.3. The molecule has 2 aliphatic carbocycles. The number of ether oxygens (including phenoxy) is 3. The maximum absolute atomic E-state index is 14.8. The normalized spacial score (nSPS) is 28.6. The van der Waals surface area contributed by atoms with Gasteiger partial charge in [0, 0.05) is 34.2 Å². The van der Waals surface area contributed by atoms with Crippen LogP contribution in [0.4, 0.5) is 18.0 Å². The first kappa shape index (κ1) is 44.2. The first-order chi connectivity index (χ1) is 27.7. The van der Waals surface area contributed by atoms with Gasteiger partial charge in [-0.25, -0.2) is 13.2 Å². The van der Waals surface area contributed by atoms with Crippen LogP contribution in [0.2, 0.25) is 5.02 Å². The minimum absolute atomic E-state index is 0.0472. The summed E-state index contributed by atoms with van der Waals surface area (Å²) >= 11 is 6.55. The lowest BCUT2D eigenvalue weighted by Crippen LogP contribution is -2.59. The zero-order valence-corrected chi connectivity index (χ0v) is 35.1. The van der Waals surface area contributed by atoms with E-state index in [0.717, 1.165) is 0 Å². The van der Waals surface area contributed by atoms with Crippen LogP contribution in [-0.2, 0) is 29.1 Å². The van der Waals surface area contributed by atoms with Crippen LogP contribution in [0.3, 0.4) is 0 Å². The van der Waals surface area contributed by atoms with Gasteiger partial charge in [-0.3, -0.25) is 19.1 Å². The molecule has 4 amide bonds. The zero-order chi connectivity index (χ0) is 43.1. The number of alkyl carbamates (subject to hydrolysis) is 1. The first-order valence-corrected chi connectivity index (χ1v) is 21.9. The van der Waals surface area contributed by atoms with Crippen molar-refractivity contribution >= 4 is 56.2 Å². The Labute approximate surface area is 346 Å². The second-order valence-corrected chi connectivity index (χ2v) is 19.1. The number of carbonyl (C=O) groups is 4. The molecular formula is C40H51ClF3N5O9S. The van der Waals surface area contributed by atoms with E-state index in [-0.39, 0.29) is 37.1 Å². The molecule has 1 saturated heterocycles. The number of aromatic nitrogens is 1. The lowest BCUT2D eigenvalue weighted by atomic mass is 9.88. The van der Waals surface area contributed by atoms with Crippen molar-refractivity contribution in [2.75, 3.05) is 13.2 Å². The second kappa shape index (κ2) is 17.0. The number of fused-ring (bicyclic) bond motifs is 3. The summed E-state index contributed by atoms with van der Waals surface area (Å²) in [5.74, 6) is -3.43. The van der Waals surface area contributed by atoms with Crippen LogP contribution in [0, 0.1) is 17.8 Å². The van der Waals surface area contributed by atoms with Crippen molar-refractivity contribution in [2.45, 2.75) is 127 Å². The van der Waals surface area contributed by atoms with Gasteiger partial charge in [0.1, 0.15) is 23.7 Å². The third kappa shape index (κ3) is 9.84. The molecule has 3 N–H and O–H groups in total. The van der Waals surface area contributed by atoms with Crippen molar-refractivity contribution in [1.29, 1.82) is 0 Å². The first-order valence-electron chi connectivity index (χ1n) is 20.0. The summed E-state index contributed by atoms with van der Waals surface area (Å²) in [5.41, 5.74) is -4.54. The number of sulfonamides is 1. The number of allylic oxidation sites excluding steroid dienone is 1. The van der Waals surface area contributed by atoms with Gasteiger partial charge in [0.25, 0.3) is 5.91 Å². The van der Waals surface area contributed by atoms with Gasteiger partial charge in [-0.15, -0.1) is 0 Å². The van der Waals surface area contributed by atoms with Crippen molar-refractivity contribution < 1.29 is 55.0 Å². The Hall–Kier alpha value is -4.32. The van der Waals surface area contributed by atoms with Gasteiger partial charge in [-0.05, 0) is 82.8 Å². The summed E-state index contributed by atoms with van der Waals surface area (Å²) in [7, 11) is -3.99. The standard InChI is InChI=1S/C40H51ClF3N5O9S/c1-6-16-56-31-19-28-27(12-9-13-29(28)41)34(45-31)57-25-18-30-33(50)47-39(36(52)48-59(54,55)26-14-15-26)20-24(39)11-8-7-10-22(2)17-23(3)32(35(51)49(30)21-25)46-37(53)58-38(4,5)40(42,43)44/h8-9,11-13,19,22-26,30,32H,6-7,10,14-18,20-21H2,1-5H3,(H,46,53)(H,47,50)(H,48,52)/b11-8-/t22-,23+,24+,25+,30-,32-,39+/m0/s1. The molecule has 0 unspecified atom stereocenters. The smallest absolute Gasteiger partial charge is 0.427 e. The predicted molar refractivity (Wildman–Crippen MR) is 211 cm³/mol. The molecule has 0 spiro atoms. The highest BCUT2D eigenvalue weighted by atomic mass is 35.5. The van der Waals surface area contributed by atoms with Gasteiger partial charge >= 0.3 is 12.3 Å². The van der Waals surface area contributed by atoms with Gasteiger partial charge in [0.05, 0.1) is 18.4 Å². The molecule has 14 nitrogen and oxygen atoms in total. The average molecular weight is 870 g/mol. The molecule has 4 aliphatic rings. The van der Waals surface area contributed by atoms with E-state index in [1.165, 1.54) is 4.90 Å². The minimum atomic E-state index is -4.92. The predicted octanol–water partition coefficient (Wildman–Crippen LogP) is 5.96. The maximum atomic E-state index is 14.8. The maximum Gasteiger partial charge on any atom is 0.427 e. The number of hydrogen-bond acceptors (Lipinski definition) is 10. The van der Waals surface area contributed by atoms with E-state index in [9.17, 15) is 40.8 Å². The van der Waals surface area contributed by atoms with E-state index in [4.69, 9.17) is 25.8 Å². The Balaban J connectivity index is 1.37. The van der Waals surface area contributed by atoms with Crippen molar-refractivity contribution in [3.8, 4) is 11.8 Å². The molecule has 2 aromatic rings. The van der Waals surface area contributed by atoms with Crippen molar-refractivity contribution in [3.63, 3.8) is 0 Å². The fourth-order valence-corrected chi connectivity index (χ4v) is 9.25. The molecule has 0 bridgehead atoms. The third-order valence-corrected chi connectivity index (χ3v) is 13.6. The zero-order valence-electron chi connectivity index (χ0n) is 33.6. The highest BCUT2D eigenvalue weighted by molar-refractivity contribution is 7.91. The molecule has 59 heavy (non-hydrogen) atoms. The van der Waals surface area contributed by atoms with Crippen LogP contribution in [0.5, 0.6) is 11.8 Å². The van der Waals surface area contributed by atoms with Gasteiger partial charge in [-0.1, -0.05) is 50.6 Å². The Morgan fingerprint density at radius 1 is 1.10 bits per heavy atom. The summed E-state index contributed by atoms with van der Waals surface area (Å²) in [6, 6.07) is 3.98. The molecule has 7 atom stereocenters. The molecule has 19 heteroatoms. The van der Waals surface area contributed by atoms with Crippen LogP contribution in [0.25, 0.3) is 10.8 Å². The van der Waals surface area contributed by atoms with Gasteiger partial charge in [-0.2, -0.15) is 18.2 Å². The molecule has 3 fully saturated rings. The highest BCUT2D eigenvalue weighted by Crippen LogP contribution is 2.46. The van der Waals surface area contributed by atoms with Crippen LogP contribution in [0.15, 0.2) is 36.4 Å². The molecule has 1 aromatic heterocycles. The van der Waals surface area contributed by atoms with E-state index >= 15 is 0 Å². The quantitative estimate of drug-likeness (QED) is 0.241. The number of nitrogens with zero attached hydrogens (tertiary/aromatic N) is 2. The van der Waals surface area contributed by atoms with Gasteiger partial charge in [0.15, 0.2) is 0 Å². The number of hydrogen-bond donors (Lipinski definition) is 3. The van der Waals surface area contributed by atoms with E-state index in [2.05, 4.69) is 20.3 Å². The summed E-state index contributed by atoms with van der Waals surface area (Å²) in [4.78, 5) is 62.0. The average Bonchev–Trinajstić information content (AvgIpc) is 4.07. The topological polar surface area (TPSA) is 182 Å². The molecule has 2 aliphatic heterocycles. The van der Waals surface area contributed by atoms with Crippen LogP contribution < -0.4 is 24.8 Å². The largest absolute Gasteiger partial charge is 0.478 e. The second-order valence-electron chi connectivity index (χ2n) is 16.7. The minimum Gasteiger partial charge on any atom is -0.478 e. The van der Waals surface area contributed by atoms with Crippen molar-refractivity contribution in [1.82, 2.24) is 25.2 Å². The summed E-state index contributed by atoms with van der Waals surface area (Å²) in [6.45, 7) is 7.01. The van der Waals surface area contributed by atoms with E-state index in [1.807, 2.05) is 19.9 Å². The number of alkyl halides is 3. The number of halogens is 4. The van der Waals surface area contributed by atoms with Crippen molar-refractivity contribution in [3.05, 3.63) is 41.4 Å². The molecule has 2 saturated carbocycles. The van der Waals surface area contributed by atoms with Crippen LogP contribution in [-0.4, -0.2) is 96.0 Å². The Morgan fingerprint density at radius 3 is 2.51 bits per heavy atom. The molecule has 6 rings (SSSR count). The number of nitrogens with one attached hydrogen (secondary N) is 3. The summed E-state index contributed by atoms with van der Waals surface area (Å²) in [5, 5.41) is 5.93. The third-order valence-electron chi connectivity index (χ3n) is 11.4. The fourth-order valence-electron chi connectivity index (χ4n) is 7.66. The molecule has 1 aromatic carbocycles. The number of rotatable bonds is 10. The van der Waals surface area contributed by atoms with E-state index < -0.39 is 86.4 Å². The Bertz CT molecular complexity index is 2100. The monoisotopic (exact) mass is 869 g/mol. The lowest BCUT2D eigenvalue weighted by molar-refractivity contribution is -0.244. The molecule has 324 valence electrons. The van der Waals surface area contributed by atoms with Gasteiger partial charge in [0.2, 0.25) is 39.2 Å². The van der Waals surface area contributed by atoms with E-state index in [0.29, 0.717) is 74.8 Å². The van der Waals surface area contributed by atoms with Crippen molar-refractivity contribution in [2.24, 2.45) is 17.8 Å². The SMILES string of the molecule is CCCOc1cc2c(Cl)cccc2c(O[C@@H]2C[C@H]3C(=O)N[C@]4(C(=O)NS(=O)(=O)C5CC5)C[C@H]4/C=C\CC[C@H](C)C[C@@H](C)[C@H](NC(=O)OC(C)(C)C(F)(F)F)C(=O)N3C2)n1. The number of amides is 4. The molecule has 0 radical (unpaired) electrons. The van der Waals surface area contributed by atoms with E-state index in [1.54, 1.807) is 37.3 Å². The Kier molecular flexibility index (Phi) is 12.7. The number of carbonyl (C=O) groups excluding carboxylic acids is 4.